The molecule has 2 atom stereocenters. The molecular weight excluding hydrogens is 536 g/mol. The lowest BCUT2D eigenvalue weighted by Gasteiger charge is -2.25. The second-order valence-corrected chi connectivity index (χ2v) is 12.4. The van der Waals surface area contributed by atoms with Crippen molar-refractivity contribution in [2.75, 3.05) is 6.61 Å². The standard InChI is InChI=1S/C37H42N2O4/c1-8-37(6,7)22-41-36(34-25(4)39-43-26(34)5)32-21-29-19-27(15-17-31(29)42-32)20-33(40)38-35(28-12-10-9-11-13-28)30-16-14-23(2)18-24(30)3/h9-19,21,35-36H,8,20,22H2,1-7H3,(H,38,40). The SMILES string of the molecule is CCC(C)(C)COC(c1cc2cc(CC(=O)NC(c3ccccc3)c3ccc(C)cc3C)ccc2o1)c1c(C)noc1C. The fraction of sp³-hybridized carbons (Fsp3) is 0.351. The van der Waals surface area contributed by atoms with Gasteiger partial charge in [-0.25, -0.2) is 0 Å². The van der Waals surface area contributed by atoms with Crippen LogP contribution in [-0.4, -0.2) is 17.7 Å². The van der Waals surface area contributed by atoms with Gasteiger partial charge in [-0.05, 0) is 80.0 Å². The molecule has 0 saturated carbocycles. The molecule has 0 aliphatic heterocycles. The molecule has 2 heterocycles. The van der Waals surface area contributed by atoms with Gasteiger partial charge in [0, 0.05) is 5.39 Å². The van der Waals surface area contributed by atoms with E-state index in [2.05, 4.69) is 75.4 Å². The Morgan fingerprint density at radius 2 is 1.74 bits per heavy atom. The Bertz CT molecular complexity index is 1690. The maximum atomic E-state index is 13.5. The number of amides is 1. The van der Waals surface area contributed by atoms with Crippen molar-refractivity contribution in [1.29, 1.82) is 0 Å². The second-order valence-electron chi connectivity index (χ2n) is 12.4. The van der Waals surface area contributed by atoms with Gasteiger partial charge in [0.15, 0.2) is 0 Å². The van der Waals surface area contributed by atoms with E-state index in [1.165, 1.54) is 5.56 Å². The van der Waals surface area contributed by atoms with E-state index in [1.54, 1.807) is 0 Å². The molecule has 6 heteroatoms. The zero-order valence-electron chi connectivity index (χ0n) is 26.3. The minimum Gasteiger partial charge on any atom is -0.458 e. The molecule has 0 spiro atoms. The fourth-order valence-corrected chi connectivity index (χ4v) is 5.47. The highest BCUT2D eigenvalue weighted by Gasteiger charge is 2.29. The molecular formula is C37H42N2O4. The number of aromatic nitrogens is 1. The predicted molar refractivity (Wildman–Crippen MR) is 170 cm³/mol. The van der Waals surface area contributed by atoms with Gasteiger partial charge in [0.1, 0.15) is 23.2 Å². The Balaban J connectivity index is 1.40. The number of hydrogen-bond donors (Lipinski definition) is 1. The molecule has 1 N–H and O–H groups in total. The van der Waals surface area contributed by atoms with Crippen LogP contribution in [0.2, 0.25) is 0 Å². The van der Waals surface area contributed by atoms with E-state index in [-0.39, 0.29) is 23.8 Å². The van der Waals surface area contributed by atoms with Crippen molar-refractivity contribution in [3.63, 3.8) is 0 Å². The van der Waals surface area contributed by atoms with Crippen LogP contribution in [0.3, 0.4) is 0 Å². The highest BCUT2D eigenvalue weighted by Crippen LogP contribution is 2.36. The number of carbonyl (C=O) groups is 1. The summed E-state index contributed by atoms with van der Waals surface area (Å²) in [5.74, 6) is 1.36. The summed E-state index contributed by atoms with van der Waals surface area (Å²) in [5, 5.41) is 8.38. The first-order chi connectivity index (χ1) is 20.5. The smallest absolute Gasteiger partial charge is 0.225 e. The molecule has 0 bridgehead atoms. The zero-order valence-corrected chi connectivity index (χ0v) is 26.3. The first-order valence-electron chi connectivity index (χ1n) is 15.0. The summed E-state index contributed by atoms with van der Waals surface area (Å²) in [6.45, 7) is 15.1. The van der Waals surface area contributed by atoms with Crippen LogP contribution in [0.25, 0.3) is 11.0 Å². The summed E-state index contributed by atoms with van der Waals surface area (Å²) in [6.07, 6.45) is 0.793. The van der Waals surface area contributed by atoms with Crippen LogP contribution in [0.15, 0.2) is 81.7 Å². The Morgan fingerprint density at radius 1 is 0.977 bits per heavy atom. The maximum absolute atomic E-state index is 13.5. The molecule has 0 radical (unpaired) electrons. The Hall–Kier alpha value is -4.16. The average molecular weight is 579 g/mol. The summed E-state index contributed by atoms with van der Waals surface area (Å²) >= 11 is 0. The van der Waals surface area contributed by atoms with E-state index >= 15 is 0 Å². The molecule has 6 nitrogen and oxygen atoms in total. The number of carbonyl (C=O) groups excluding carboxylic acids is 1. The molecule has 2 unspecified atom stereocenters. The van der Waals surface area contributed by atoms with Gasteiger partial charge in [-0.1, -0.05) is 86.1 Å². The van der Waals surface area contributed by atoms with Gasteiger partial charge in [0.25, 0.3) is 0 Å². The van der Waals surface area contributed by atoms with Crippen LogP contribution in [0.5, 0.6) is 0 Å². The predicted octanol–water partition coefficient (Wildman–Crippen LogP) is 8.64. The summed E-state index contributed by atoms with van der Waals surface area (Å²) < 4.78 is 18.3. The van der Waals surface area contributed by atoms with Crippen LogP contribution >= 0.6 is 0 Å². The van der Waals surface area contributed by atoms with Crippen molar-refractivity contribution in [2.24, 2.45) is 5.41 Å². The van der Waals surface area contributed by atoms with Gasteiger partial charge in [-0.2, -0.15) is 0 Å². The monoisotopic (exact) mass is 578 g/mol. The molecule has 2 aromatic heterocycles. The Kier molecular flexibility index (Phi) is 8.88. The molecule has 43 heavy (non-hydrogen) atoms. The molecule has 0 aliphatic rings. The van der Waals surface area contributed by atoms with E-state index in [0.717, 1.165) is 50.9 Å². The average Bonchev–Trinajstić information content (AvgIpc) is 3.55. The molecule has 0 saturated heterocycles. The lowest BCUT2D eigenvalue weighted by molar-refractivity contribution is -0.120. The molecule has 3 aromatic carbocycles. The minimum absolute atomic E-state index is 0.0124. The topological polar surface area (TPSA) is 77.5 Å². The number of ether oxygens (including phenoxy) is 1. The molecule has 0 fully saturated rings. The third kappa shape index (κ3) is 6.91. The number of nitrogens with one attached hydrogen (secondary N) is 1. The van der Waals surface area contributed by atoms with Crippen molar-refractivity contribution in [3.05, 3.63) is 123 Å². The number of fused-ring (bicyclic) bond motifs is 1. The van der Waals surface area contributed by atoms with Gasteiger partial charge in [-0.15, -0.1) is 0 Å². The summed E-state index contributed by atoms with van der Waals surface area (Å²) in [4.78, 5) is 13.5. The lowest BCUT2D eigenvalue weighted by Crippen LogP contribution is -2.31. The van der Waals surface area contributed by atoms with Crippen LogP contribution < -0.4 is 5.32 Å². The molecule has 0 aliphatic carbocycles. The Labute approximate surface area is 254 Å². The summed E-state index contributed by atoms with van der Waals surface area (Å²) in [5.41, 5.74) is 7.83. The van der Waals surface area contributed by atoms with Crippen molar-refractivity contribution in [3.8, 4) is 0 Å². The number of furan rings is 1. The van der Waals surface area contributed by atoms with E-state index < -0.39 is 6.10 Å². The minimum atomic E-state index is -0.444. The third-order valence-corrected chi connectivity index (χ3v) is 8.35. The van der Waals surface area contributed by atoms with Gasteiger partial charge in [-0.3, -0.25) is 4.79 Å². The van der Waals surface area contributed by atoms with E-state index in [0.29, 0.717) is 18.1 Å². The van der Waals surface area contributed by atoms with Crippen molar-refractivity contribution in [1.82, 2.24) is 10.5 Å². The van der Waals surface area contributed by atoms with Gasteiger partial charge < -0.3 is 19.0 Å². The quantitative estimate of drug-likeness (QED) is 0.170. The largest absolute Gasteiger partial charge is 0.458 e. The van der Waals surface area contributed by atoms with E-state index in [1.807, 2.05) is 56.3 Å². The van der Waals surface area contributed by atoms with Crippen molar-refractivity contribution in [2.45, 2.75) is 73.5 Å². The lowest BCUT2D eigenvalue weighted by atomic mass is 9.91. The van der Waals surface area contributed by atoms with Gasteiger partial charge in [0.2, 0.25) is 5.91 Å². The Morgan fingerprint density at radius 3 is 2.42 bits per heavy atom. The van der Waals surface area contributed by atoms with Crippen LogP contribution in [0.1, 0.15) is 89.9 Å². The molecule has 1 amide bonds. The number of rotatable bonds is 11. The zero-order chi connectivity index (χ0) is 30.7. The summed E-state index contributed by atoms with van der Waals surface area (Å²) in [7, 11) is 0. The fourth-order valence-electron chi connectivity index (χ4n) is 5.47. The van der Waals surface area contributed by atoms with E-state index in [9.17, 15) is 4.79 Å². The van der Waals surface area contributed by atoms with Gasteiger partial charge in [0.05, 0.1) is 30.3 Å². The van der Waals surface area contributed by atoms with Gasteiger partial charge >= 0.3 is 0 Å². The van der Waals surface area contributed by atoms with Crippen LogP contribution in [-0.2, 0) is 16.0 Å². The van der Waals surface area contributed by atoms with Crippen molar-refractivity contribution < 1.29 is 18.5 Å². The number of nitrogens with zero attached hydrogens (tertiary/aromatic N) is 1. The number of benzene rings is 3. The molecule has 5 aromatic rings. The normalized spacial score (nSPS) is 13.3. The molecule has 5 rings (SSSR count). The molecule has 224 valence electrons. The maximum Gasteiger partial charge on any atom is 0.225 e. The summed E-state index contributed by atoms with van der Waals surface area (Å²) in [6, 6.07) is 24.2. The highest BCUT2D eigenvalue weighted by molar-refractivity contribution is 5.83. The van der Waals surface area contributed by atoms with Crippen LogP contribution in [0, 0.1) is 33.1 Å². The number of aryl methyl sites for hydroxylation is 4. The first-order valence-corrected chi connectivity index (χ1v) is 15.0. The highest BCUT2D eigenvalue weighted by atomic mass is 16.5. The first kappa shape index (κ1) is 30.3. The van der Waals surface area contributed by atoms with Crippen molar-refractivity contribution >= 4 is 16.9 Å². The van der Waals surface area contributed by atoms with E-state index in [4.69, 9.17) is 13.7 Å². The third-order valence-electron chi connectivity index (χ3n) is 8.35. The number of hydrogen-bond acceptors (Lipinski definition) is 5. The van der Waals surface area contributed by atoms with Crippen LogP contribution in [0.4, 0.5) is 0 Å². The second kappa shape index (κ2) is 12.6.